The molecule has 0 saturated carbocycles. The van der Waals surface area contributed by atoms with Crippen molar-refractivity contribution in [1.29, 1.82) is 0 Å². The van der Waals surface area contributed by atoms with Crippen LogP contribution in [-0.2, 0) is 14.3 Å². The quantitative estimate of drug-likeness (QED) is 0.628. The van der Waals surface area contributed by atoms with E-state index in [1.807, 2.05) is 18.2 Å². The molecule has 6 heteroatoms. The van der Waals surface area contributed by atoms with E-state index >= 15 is 0 Å². The zero-order valence-electron chi connectivity index (χ0n) is 14.4. The van der Waals surface area contributed by atoms with Gasteiger partial charge in [-0.1, -0.05) is 6.07 Å². The van der Waals surface area contributed by atoms with Crippen LogP contribution < -0.4 is 9.64 Å². The molecule has 1 fully saturated rings. The third kappa shape index (κ3) is 3.91. The van der Waals surface area contributed by atoms with Crippen molar-refractivity contribution in [3.63, 3.8) is 0 Å². The summed E-state index contributed by atoms with van der Waals surface area (Å²) in [4.78, 5) is 25.8. The fourth-order valence-corrected chi connectivity index (χ4v) is 2.90. The standard InChI is InChI=1S/C19H21NO5/c1-3-24-19(22)15-10-14-4-5-16(20-6-8-23-9-7-20)12-17(14)18(11-15)25-13(2)21/h4-5,10-12H,3,6-9H2,1-2H3. The number of fused-ring (bicyclic) bond motifs is 1. The Morgan fingerprint density at radius 3 is 2.60 bits per heavy atom. The largest absolute Gasteiger partial charge is 0.462 e. The lowest BCUT2D eigenvalue weighted by Crippen LogP contribution is -2.36. The lowest BCUT2D eigenvalue weighted by molar-refractivity contribution is -0.131. The summed E-state index contributed by atoms with van der Waals surface area (Å²) in [5.41, 5.74) is 1.40. The number of rotatable bonds is 4. The van der Waals surface area contributed by atoms with Crippen LogP contribution in [0, 0.1) is 0 Å². The Morgan fingerprint density at radius 1 is 1.16 bits per heavy atom. The molecule has 0 atom stereocenters. The molecule has 1 saturated heterocycles. The Hall–Kier alpha value is -2.60. The van der Waals surface area contributed by atoms with E-state index in [1.165, 1.54) is 6.92 Å². The van der Waals surface area contributed by atoms with Gasteiger partial charge < -0.3 is 19.1 Å². The second kappa shape index (κ2) is 7.53. The lowest BCUT2D eigenvalue weighted by Gasteiger charge is -2.29. The highest BCUT2D eigenvalue weighted by molar-refractivity contribution is 6.00. The second-order valence-electron chi connectivity index (χ2n) is 5.79. The van der Waals surface area contributed by atoms with Crippen molar-refractivity contribution in [2.75, 3.05) is 37.8 Å². The van der Waals surface area contributed by atoms with Gasteiger partial charge in [-0.25, -0.2) is 4.79 Å². The molecule has 132 valence electrons. The summed E-state index contributed by atoms with van der Waals surface area (Å²) in [6.07, 6.45) is 0. The zero-order chi connectivity index (χ0) is 17.8. The van der Waals surface area contributed by atoms with Crippen LogP contribution in [0.5, 0.6) is 5.75 Å². The summed E-state index contributed by atoms with van der Waals surface area (Å²) in [6, 6.07) is 9.22. The van der Waals surface area contributed by atoms with Gasteiger partial charge in [0.2, 0.25) is 0 Å². The van der Waals surface area contributed by atoms with Crippen molar-refractivity contribution in [2.45, 2.75) is 13.8 Å². The van der Waals surface area contributed by atoms with Crippen LogP contribution in [0.1, 0.15) is 24.2 Å². The normalized spacial score (nSPS) is 14.4. The fraction of sp³-hybridized carbons (Fsp3) is 0.368. The number of carbonyl (C=O) groups excluding carboxylic acids is 2. The van der Waals surface area contributed by atoms with E-state index < -0.39 is 11.9 Å². The van der Waals surface area contributed by atoms with E-state index in [1.54, 1.807) is 19.1 Å². The average molecular weight is 343 g/mol. The third-order valence-corrected chi connectivity index (χ3v) is 4.04. The maximum Gasteiger partial charge on any atom is 0.338 e. The first-order valence-electron chi connectivity index (χ1n) is 8.34. The number of carbonyl (C=O) groups is 2. The molecule has 0 aliphatic carbocycles. The van der Waals surface area contributed by atoms with Gasteiger partial charge in [-0.15, -0.1) is 0 Å². The first-order chi connectivity index (χ1) is 12.1. The number of hydrogen-bond donors (Lipinski definition) is 0. The predicted molar refractivity (Wildman–Crippen MR) is 94.2 cm³/mol. The molecular formula is C19H21NO5. The molecule has 0 bridgehead atoms. The highest BCUT2D eigenvalue weighted by Gasteiger charge is 2.16. The summed E-state index contributed by atoms with van der Waals surface area (Å²) in [7, 11) is 0. The van der Waals surface area contributed by atoms with E-state index in [0.717, 1.165) is 29.5 Å². The molecule has 1 aliphatic rings. The average Bonchev–Trinajstić information content (AvgIpc) is 2.61. The summed E-state index contributed by atoms with van der Waals surface area (Å²) >= 11 is 0. The van der Waals surface area contributed by atoms with Gasteiger partial charge in [-0.3, -0.25) is 4.79 Å². The molecule has 0 spiro atoms. The van der Waals surface area contributed by atoms with Gasteiger partial charge in [0.05, 0.1) is 25.4 Å². The van der Waals surface area contributed by atoms with Gasteiger partial charge >= 0.3 is 11.9 Å². The van der Waals surface area contributed by atoms with E-state index in [2.05, 4.69) is 4.90 Å². The minimum atomic E-state index is -0.435. The molecule has 25 heavy (non-hydrogen) atoms. The summed E-state index contributed by atoms with van der Waals surface area (Å²) in [6.45, 7) is 6.39. The van der Waals surface area contributed by atoms with Crippen LogP contribution in [0.15, 0.2) is 30.3 Å². The van der Waals surface area contributed by atoms with Crippen molar-refractivity contribution in [1.82, 2.24) is 0 Å². The topological polar surface area (TPSA) is 65.1 Å². The molecule has 0 aromatic heterocycles. The van der Waals surface area contributed by atoms with Gasteiger partial charge in [-0.2, -0.15) is 0 Å². The number of ether oxygens (including phenoxy) is 3. The van der Waals surface area contributed by atoms with Gasteiger partial charge in [0.15, 0.2) is 0 Å². The third-order valence-electron chi connectivity index (χ3n) is 4.04. The van der Waals surface area contributed by atoms with E-state index in [9.17, 15) is 9.59 Å². The van der Waals surface area contributed by atoms with Gasteiger partial charge in [-0.05, 0) is 36.6 Å². The Labute approximate surface area is 146 Å². The van der Waals surface area contributed by atoms with Crippen LogP contribution in [0.25, 0.3) is 10.8 Å². The number of nitrogens with zero attached hydrogens (tertiary/aromatic N) is 1. The number of anilines is 1. The van der Waals surface area contributed by atoms with E-state index in [-0.39, 0.29) is 6.61 Å². The van der Waals surface area contributed by atoms with Gasteiger partial charge in [0.1, 0.15) is 5.75 Å². The van der Waals surface area contributed by atoms with Crippen LogP contribution in [0.4, 0.5) is 5.69 Å². The summed E-state index contributed by atoms with van der Waals surface area (Å²) in [5.74, 6) is -0.502. The first-order valence-corrected chi connectivity index (χ1v) is 8.34. The first kappa shape index (κ1) is 17.2. The van der Waals surface area contributed by atoms with Crippen molar-refractivity contribution in [2.24, 2.45) is 0 Å². The molecule has 0 unspecified atom stereocenters. The van der Waals surface area contributed by atoms with E-state index in [0.29, 0.717) is 24.5 Å². The monoisotopic (exact) mass is 343 g/mol. The maximum absolute atomic E-state index is 12.1. The highest BCUT2D eigenvalue weighted by Crippen LogP contribution is 2.32. The number of morpholine rings is 1. The Morgan fingerprint density at radius 2 is 1.92 bits per heavy atom. The molecule has 1 aliphatic heterocycles. The van der Waals surface area contributed by atoms with Crippen LogP contribution >= 0.6 is 0 Å². The van der Waals surface area contributed by atoms with Gasteiger partial charge in [0, 0.05) is 31.1 Å². The van der Waals surface area contributed by atoms with Crippen molar-refractivity contribution in [3.8, 4) is 5.75 Å². The predicted octanol–water partition coefficient (Wildman–Crippen LogP) is 2.78. The molecule has 0 N–H and O–H groups in total. The molecule has 0 amide bonds. The van der Waals surface area contributed by atoms with Crippen molar-refractivity contribution >= 4 is 28.4 Å². The zero-order valence-corrected chi connectivity index (χ0v) is 14.4. The molecule has 6 nitrogen and oxygen atoms in total. The minimum absolute atomic E-state index is 0.287. The fourth-order valence-electron chi connectivity index (χ4n) is 2.90. The van der Waals surface area contributed by atoms with Crippen molar-refractivity contribution < 1.29 is 23.8 Å². The Bertz CT molecular complexity index is 796. The number of hydrogen-bond acceptors (Lipinski definition) is 6. The number of esters is 2. The van der Waals surface area contributed by atoms with Crippen LogP contribution in [0.2, 0.25) is 0 Å². The number of benzene rings is 2. The van der Waals surface area contributed by atoms with Crippen molar-refractivity contribution in [3.05, 3.63) is 35.9 Å². The maximum atomic E-state index is 12.1. The summed E-state index contributed by atoms with van der Waals surface area (Å²) in [5, 5.41) is 1.60. The van der Waals surface area contributed by atoms with Crippen LogP contribution in [-0.4, -0.2) is 44.8 Å². The Kier molecular flexibility index (Phi) is 5.19. The summed E-state index contributed by atoms with van der Waals surface area (Å²) < 4.78 is 15.8. The van der Waals surface area contributed by atoms with Gasteiger partial charge in [0.25, 0.3) is 0 Å². The second-order valence-corrected chi connectivity index (χ2v) is 5.79. The lowest BCUT2D eigenvalue weighted by atomic mass is 10.0. The van der Waals surface area contributed by atoms with E-state index in [4.69, 9.17) is 14.2 Å². The Balaban J connectivity index is 2.05. The minimum Gasteiger partial charge on any atom is -0.462 e. The molecule has 2 aromatic rings. The molecular weight excluding hydrogens is 322 g/mol. The molecule has 1 heterocycles. The highest BCUT2D eigenvalue weighted by atomic mass is 16.5. The molecule has 2 aromatic carbocycles. The SMILES string of the molecule is CCOC(=O)c1cc(OC(C)=O)c2cc(N3CCOCC3)ccc2c1. The molecule has 0 radical (unpaired) electrons. The van der Waals surface area contributed by atoms with Crippen LogP contribution in [0.3, 0.4) is 0 Å². The molecule has 3 rings (SSSR count). The smallest absolute Gasteiger partial charge is 0.338 e.